The SMILES string of the molecule is O=C(Nc1cc(-c2cccs2)nn1C1=NC(=O)C2CCCCC2=N1)c1ccco1. The number of anilines is 1. The van der Waals surface area contributed by atoms with Crippen LogP contribution in [0.5, 0.6) is 0 Å². The monoisotopic (exact) mass is 407 g/mol. The van der Waals surface area contributed by atoms with Crippen LogP contribution in [0.2, 0.25) is 0 Å². The largest absolute Gasteiger partial charge is 0.459 e. The van der Waals surface area contributed by atoms with E-state index in [4.69, 9.17) is 4.42 Å². The van der Waals surface area contributed by atoms with E-state index >= 15 is 0 Å². The molecule has 0 spiro atoms. The van der Waals surface area contributed by atoms with Gasteiger partial charge in [0.1, 0.15) is 11.5 Å². The quantitative estimate of drug-likeness (QED) is 0.713. The van der Waals surface area contributed by atoms with Crippen LogP contribution in [0.3, 0.4) is 0 Å². The van der Waals surface area contributed by atoms with Gasteiger partial charge in [0.05, 0.1) is 17.1 Å². The first-order valence-electron chi connectivity index (χ1n) is 9.38. The topological polar surface area (TPSA) is 102 Å². The molecule has 1 fully saturated rings. The molecule has 0 saturated heterocycles. The smallest absolute Gasteiger partial charge is 0.292 e. The molecule has 29 heavy (non-hydrogen) atoms. The highest BCUT2D eigenvalue weighted by Gasteiger charge is 2.32. The molecule has 146 valence electrons. The van der Waals surface area contributed by atoms with Crippen molar-refractivity contribution in [3.05, 3.63) is 47.7 Å². The number of carbonyl (C=O) groups is 2. The molecule has 0 radical (unpaired) electrons. The minimum atomic E-state index is -0.417. The van der Waals surface area contributed by atoms with E-state index in [0.717, 1.165) is 36.3 Å². The molecule has 1 N–H and O–H groups in total. The van der Waals surface area contributed by atoms with Crippen molar-refractivity contribution in [1.82, 2.24) is 9.78 Å². The molecule has 0 aromatic carbocycles. The number of nitrogens with zero attached hydrogens (tertiary/aromatic N) is 4. The molecule has 5 rings (SSSR count). The van der Waals surface area contributed by atoms with E-state index in [9.17, 15) is 9.59 Å². The second-order valence-corrected chi connectivity index (χ2v) is 7.83. The van der Waals surface area contributed by atoms with E-state index in [-0.39, 0.29) is 23.5 Å². The van der Waals surface area contributed by atoms with Gasteiger partial charge in [-0.1, -0.05) is 12.5 Å². The number of hydrogen-bond donors (Lipinski definition) is 1. The molecule has 1 atom stereocenters. The van der Waals surface area contributed by atoms with Gasteiger partial charge in [-0.15, -0.1) is 11.3 Å². The van der Waals surface area contributed by atoms with Gasteiger partial charge in [-0.25, -0.2) is 4.99 Å². The van der Waals surface area contributed by atoms with E-state index in [2.05, 4.69) is 20.4 Å². The van der Waals surface area contributed by atoms with Gasteiger partial charge in [0.2, 0.25) is 0 Å². The molecule has 8 nitrogen and oxygen atoms in total. The number of aromatic nitrogens is 2. The Bertz CT molecular complexity index is 1130. The first-order chi connectivity index (χ1) is 14.2. The zero-order valence-electron chi connectivity index (χ0n) is 15.4. The van der Waals surface area contributed by atoms with Gasteiger partial charge >= 0.3 is 0 Å². The Hall–Kier alpha value is -3.33. The predicted molar refractivity (Wildman–Crippen MR) is 109 cm³/mol. The molecule has 3 aromatic rings. The third-order valence-electron chi connectivity index (χ3n) is 4.99. The van der Waals surface area contributed by atoms with Crippen LogP contribution in [0.4, 0.5) is 5.82 Å². The second-order valence-electron chi connectivity index (χ2n) is 6.89. The van der Waals surface area contributed by atoms with E-state index in [0.29, 0.717) is 11.5 Å². The van der Waals surface area contributed by atoms with Gasteiger partial charge in [0, 0.05) is 11.8 Å². The Labute approximate surface area is 170 Å². The molecule has 1 aliphatic carbocycles. The van der Waals surface area contributed by atoms with Crippen LogP contribution in [0.25, 0.3) is 10.6 Å². The maximum Gasteiger partial charge on any atom is 0.292 e. The lowest BCUT2D eigenvalue weighted by Crippen LogP contribution is -2.33. The van der Waals surface area contributed by atoms with E-state index in [1.54, 1.807) is 18.2 Å². The van der Waals surface area contributed by atoms with Crippen molar-refractivity contribution in [1.29, 1.82) is 0 Å². The number of fused-ring (bicyclic) bond motifs is 1. The van der Waals surface area contributed by atoms with Gasteiger partial charge in [-0.2, -0.15) is 14.8 Å². The molecule has 3 aromatic heterocycles. The standard InChI is InChI=1S/C20H17N5O3S/c26-18-12-5-1-2-6-13(12)21-20(23-18)25-17(22-19(27)15-7-3-9-28-15)11-14(24-25)16-8-4-10-29-16/h3-4,7-12H,1-2,5-6H2,(H,22,27). The number of hydrogen-bond acceptors (Lipinski definition) is 6. The highest BCUT2D eigenvalue weighted by Crippen LogP contribution is 2.29. The van der Waals surface area contributed by atoms with Crippen LogP contribution in [0.1, 0.15) is 36.2 Å². The average molecular weight is 407 g/mol. The lowest BCUT2D eigenvalue weighted by molar-refractivity contribution is -0.120. The van der Waals surface area contributed by atoms with Crippen LogP contribution in [-0.2, 0) is 4.79 Å². The second kappa shape index (κ2) is 7.25. The summed E-state index contributed by atoms with van der Waals surface area (Å²) >= 11 is 1.53. The minimum absolute atomic E-state index is 0.177. The summed E-state index contributed by atoms with van der Waals surface area (Å²) in [5.74, 6) is -0.0987. The number of aliphatic imine (C=N–C) groups is 2. The molecule has 0 bridgehead atoms. The van der Waals surface area contributed by atoms with Gasteiger partial charge in [-0.3, -0.25) is 9.59 Å². The average Bonchev–Trinajstić information content (AvgIpc) is 3.48. The zero-order valence-corrected chi connectivity index (χ0v) is 16.2. The van der Waals surface area contributed by atoms with Crippen molar-refractivity contribution >= 4 is 40.6 Å². The van der Waals surface area contributed by atoms with Gasteiger partial charge in [-0.05, 0) is 42.8 Å². The van der Waals surface area contributed by atoms with Crippen molar-refractivity contribution in [2.24, 2.45) is 15.9 Å². The number of thiophene rings is 1. The van der Waals surface area contributed by atoms with Crippen LogP contribution in [0.15, 0.2) is 56.4 Å². The summed E-state index contributed by atoms with van der Waals surface area (Å²) in [6, 6.07) is 8.82. The highest BCUT2D eigenvalue weighted by atomic mass is 32.1. The first kappa shape index (κ1) is 17.7. The van der Waals surface area contributed by atoms with Crippen LogP contribution in [-0.4, -0.2) is 33.3 Å². The van der Waals surface area contributed by atoms with Crippen molar-refractivity contribution < 1.29 is 14.0 Å². The number of amides is 2. The maximum absolute atomic E-state index is 12.6. The fraction of sp³-hybridized carbons (Fsp3) is 0.250. The van der Waals surface area contributed by atoms with Gasteiger partial charge < -0.3 is 9.73 Å². The number of nitrogens with one attached hydrogen (secondary N) is 1. The molecule has 2 amide bonds. The summed E-state index contributed by atoms with van der Waals surface area (Å²) in [5, 5.41) is 9.31. The van der Waals surface area contributed by atoms with Crippen molar-refractivity contribution in [2.45, 2.75) is 25.7 Å². The highest BCUT2D eigenvalue weighted by molar-refractivity contribution is 7.13. The lowest BCUT2D eigenvalue weighted by atomic mass is 9.86. The van der Waals surface area contributed by atoms with E-state index in [1.165, 1.54) is 22.3 Å². The predicted octanol–water partition coefficient (Wildman–Crippen LogP) is 3.83. The molecule has 1 saturated carbocycles. The molecular formula is C20H17N5O3S. The van der Waals surface area contributed by atoms with Crippen LogP contribution >= 0.6 is 11.3 Å². The first-order valence-corrected chi connectivity index (χ1v) is 10.3. The summed E-state index contributed by atoms with van der Waals surface area (Å²) in [5.41, 5.74) is 1.51. The summed E-state index contributed by atoms with van der Waals surface area (Å²) in [6.07, 6.45) is 5.02. The Morgan fingerprint density at radius 1 is 1.24 bits per heavy atom. The van der Waals surface area contributed by atoms with Crippen LogP contribution < -0.4 is 5.32 Å². The van der Waals surface area contributed by atoms with Crippen molar-refractivity contribution in [3.63, 3.8) is 0 Å². The maximum atomic E-state index is 12.6. The lowest BCUT2D eigenvalue weighted by Gasteiger charge is -2.24. The summed E-state index contributed by atoms with van der Waals surface area (Å²) in [7, 11) is 0. The summed E-state index contributed by atoms with van der Waals surface area (Å²) < 4.78 is 6.59. The fourth-order valence-corrected chi connectivity index (χ4v) is 4.25. The Kier molecular flexibility index (Phi) is 4.44. The number of rotatable bonds is 3. The third-order valence-corrected chi connectivity index (χ3v) is 5.88. The summed E-state index contributed by atoms with van der Waals surface area (Å²) in [4.78, 5) is 34.8. The molecule has 1 aliphatic heterocycles. The Morgan fingerprint density at radius 3 is 2.97 bits per heavy atom. The molecule has 9 heteroatoms. The normalized spacial score (nSPS) is 18.8. The molecule has 1 unspecified atom stereocenters. The number of carbonyl (C=O) groups excluding carboxylic acids is 2. The van der Waals surface area contributed by atoms with Gasteiger partial charge in [0.25, 0.3) is 17.8 Å². The zero-order chi connectivity index (χ0) is 19.8. The molecular weight excluding hydrogens is 390 g/mol. The summed E-state index contributed by atoms with van der Waals surface area (Å²) in [6.45, 7) is 0. The number of furan rings is 1. The third kappa shape index (κ3) is 3.33. The Balaban J connectivity index is 1.55. The molecule has 2 aliphatic rings. The van der Waals surface area contributed by atoms with E-state index in [1.807, 2.05) is 17.5 Å². The van der Waals surface area contributed by atoms with Crippen molar-refractivity contribution in [3.8, 4) is 10.6 Å². The Morgan fingerprint density at radius 2 is 2.17 bits per heavy atom. The van der Waals surface area contributed by atoms with Crippen LogP contribution in [0, 0.1) is 5.92 Å². The molecule has 4 heterocycles. The van der Waals surface area contributed by atoms with E-state index < -0.39 is 5.91 Å². The minimum Gasteiger partial charge on any atom is -0.459 e. The van der Waals surface area contributed by atoms with Crippen molar-refractivity contribution in [2.75, 3.05) is 5.32 Å². The van der Waals surface area contributed by atoms with Gasteiger partial charge in [0.15, 0.2) is 5.76 Å². The fourth-order valence-electron chi connectivity index (χ4n) is 3.57.